The van der Waals surface area contributed by atoms with Gasteiger partial charge in [0.15, 0.2) is 29.1 Å². The molecule has 1 aromatic carbocycles. The van der Waals surface area contributed by atoms with Gasteiger partial charge in [-0.2, -0.15) is 0 Å². The third-order valence-corrected chi connectivity index (χ3v) is 5.06. The number of ether oxygens (including phenoxy) is 3. The highest BCUT2D eigenvalue weighted by molar-refractivity contribution is 5.80. The van der Waals surface area contributed by atoms with Crippen LogP contribution in [0.2, 0.25) is 0 Å². The van der Waals surface area contributed by atoms with Crippen molar-refractivity contribution in [2.24, 2.45) is 4.99 Å². The number of nitrogens with zero attached hydrogens (tertiary/aromatic N) is 3. The largest absolute Gasteiger partial charge is 0.493 e. The van der Waals surface area contributed by atoms with Crippen molar-refractivity contribution in [1.29, 1.82) is 0 Å². The van der Waals surface area contributed by atoms with Crippen LogP contribution >= 0.6 is 0 Å². The van der Waals surface area contributed by atoms with E-state index in [0.29, 0.717) is 42.1 Å². The zero-order valence-corrected chi connectivity index (χ0v) is 18.4. The average Bonchev–Trinajstić information content (AvgIpc) is 3.25. The fourth-order valence-electron chi connectivity index (χ4n) is 3.59. The number of methoxy groups -OCH3 is 3. The summed E-state index contributed by atoms with van der Waals surface area (Å²) in [5, 5.41) is 6.71. The Balaban J connectivity index is 1.69. The third kappa shape index (κ3) is 5.48. The van der Waals surface area contributed by atoms with Crippen LogP contribution in [0.1, 0.15) is 18.9 Å². The highest BCUT2D eigenvalue weighted by Gasteiger charge is 2.26. The molecule has 168 valence electrons. The van der Waals surface area contributed by atoms with Gasteiger partial charge in [0.2, 0.25) is 5.75 Å². The minimum absolute atomic E-state index is 0.138. The lowest BCUT2D eigenvalue weighted by molar-refractivity contribution is 0.324. The summed E-state index contributed by atoms with van der Waals surface area (Å²) >= 11 is 0. The number of benzene rings is 1. The summed E-state index contributed by atoms with van der Waals surface area (Å²) in [5.74, 6) is 2.53. The van der Waals surface area contributed by atoms with Gasteiger partial charge in [-0.05, 0) is 43.2 Å². The van der Waals surface area contributed by atoms with Gasteiger partial charge in [-0.1, -0.05) is 0 Å². The first-order valence-electron chi connectivity index (χ1n) is 10.3. The Morgan fingerprint density at radius 3 is 2.58 bits per heavy atom. The minimum atomic E-state index is -0.300. The fraction of sp³-hybridized carbons (Fsp3) is 0.455. The zero-order chi connectivity index (χ0) is 22.2. The van der Waals surface area contributed by atoms with Gasteiger partial charge in [0.25, 0.3) is 0 Å². The van der Waals surface area contributed by atoms with Crippen molar-refractivity contribution in [3.05, 3.63) is 41.8 Å². The maximum atomic E-state index is 14.0. The molecule has 0 bridgehead atoms. The number of aromatic nitrogens is 1. The van der Waals surface area contributed by atoms with Crippen LogP contribution in [-0.4, -0.2) is 57.9 Å². The van der Waals surface area contributed by atoms with Crippen molar-refractivity contribution in [3.8, 4) is 17.2 Å². The predicted octanol–water partition coefficient (Wildman–Crippen LogP) is 2.58. The first kappa shape index (κ1) is 22.5. The van der Waals surface area contributed by atoms with E-state index in [2.05, 4.69) is 15.6 Å². The number of nitrogens with one attached hydrogen (secondary N) is 2. The minimum Gasteiger partial charge on any atom is -0.493 e. The second-order valence-electron chi connectivity index (χ2n) is 7.11. The number of hydrogen-bond acceptors (Lipinski definition) is 6. The highest BCUT2D eigenvalue weighted by atomic mass is 19.1. The van der Waals surface area contributed by atoms with E-state index in [1.807, 2.05) is 24.0 Å². The van der Waals surface area contributed by atoms with E-state index in [4.69, 9.17) is 19.2 Å². The van der Waals surface area contributed by atoms with Crippen LogP contribution in [-0.2, 0) is 6.54 Å². The molecule has 1 unspecified atom stereocenters. The van der Waals surface area contributed by atoms with E-state index in [1.54, 1.807) is 33.6 Å². The quantitative estimate of drug-likeness (QED) is 0.491. The number of guanidine groups is 1. The maximum Gasteiger partial charge on any atom is 0.203 e. The number of aliphatic imine (C=N–C) groups is 1. The van der Waals surface area contributed by atoms with Crippen molar-refractivity contribution >= 4 is 11.8 Å². The molecule has 1 atom stereocenters. The molecule has 31 heavy (non-hydrogen) atoms. The smallest absolute Gasteiger partial charge is 0.203 e. The summed E-state index contributed by atoms with van der Waals surface area (Å²) in [7, 11) is 4.76. The van der Waals surface area contributed by atoms with Crippen molar-refractivity contribution in [2.45, 2.75) is 25.9 Å². The van der Waals surface area contributed by atoms with Gasteiger partial charge in [0.1, 0.15) is 0 Å². The maximum absolute atomic E-state index is 14.0. The van der Waals surface area contributed by atoms with Crippen molar-refractivity contribution in [2.75, 3.05) is 45.9 Å². The standard InChI is InChI=1S/C22H30FN5O3/c1-5-24-22(26-13-15-11-18(29-2)20(31-4)19(12-15)30-3)27-16-8-10-28(14-16)21-17(23)7-6-9-25-21/h6-7,9,11-12,16H,5,8,10,13-14H2,1-4H3,(H2,24,26,27). The van der Waals surface area contributed by atoms with Crippen LogP contribution in [0, 0.1) is 5.82 Å². The Labute approximate surface area is 182 Å². The summed E-state index contributed by atoms with van der Waals surface area (Å²) in [6.45, 7) is 4.56. The molecule has 2 N–H and O–H groups in total. The van der Waals surface area contributed by atoms with E-state index >= 15 is 0 Å². The summed E-state index contributed by atoms with van der Waals surface area (Å²) < 4.78 is 30.3. The second kappa shape index (κ2) is 10.7. The molecule has 3 rings (SSSR count). The molecule has 0 aliphatic carbocycles. The summed E-state index contributed by atoms with van der Waals surface area (Å²) in [6, 6.07) is 6.94. The van der Waals surface area contributed by atoms with E-state index in [9.17, 15) is 4.39 Å². The highest BCUT2D eigenvalue weighted by Crippen LogP contribution is 2.38. The van der Waals surface area contributed by atoms with Crippen molar-refractivity contribution in [3.63, 3.8) is 0 Å². The monoisotopic (exact) mass is 431 g/mol. The molecule has 1 aromatic heterocycles. The molecule has 1 saturated heterocycles. The Kier molecular flexibility index (Phi) is 7.75. The fourth-order valence-corrected chi connectivity index (χ4v) is 3.59. The third-order valence-electron chi connectivity index (χ3n) is 5.06. The van der Waals surface area contributed by atoms with Gasteiger partial charge < -0.3 is 29.7 Å². The van der Waals surface area contributed by atoms with Gasteiger partial charge in [0.05, 0.1) is 27.9 Å². The Morgan fingerprint density at radius 1 is 1.23 bits per heavy atom. The number of halogens is 1. The lowest BCUT2D eigenvalue weighted by Crippen LogP contribution is -2.44. The summed E-state index contributed by atoms with van der Waals surface area (Å²) in [4.78, 5) is 10.8. The van der Waals surface area contributed by atoms with Crippen molar-refractivity contribution in [1.82, 2.24) is 15.6 Å². The Hall–Kier alpha value is -3.23. The Morgan fingerprint density at radius 2 is 1.97 bits per heavy atom. The van der Waals surface area contributed by atoms with Gasteiger partial charge in [-0.15, -0.1) is 0 Å². The number of hydrogen-bond donors (Lipinski definition) is 2. The molecule has 0 saturated carbocycles. The predicted molar refractivity (Wildman–Crippen MR) is 119 cm³/mol. The molecular weight excluding hydrogens is 401 g/mol. The molecule has 2 heterocycles. The summed E-state index contributed by atoms with van der Waals surface area (Å²) in [6.07, 6.45) is 2.48. The molecule has 2 aromatic rings. The Bertz CT molecular complexity index is 883. The molecule has 1 aliphatic rings. The zero-order valence-electron chi connectivity index (χ0n) is 18.4. The molecule has 1 aliphatic heterocycles. The van der Waals surface area contributed by atoms with Crippen LogP contribution in [0.5, 0.6) is 17.2 Å². The van der Waals surface area contributed by atoms with Crippen LogP contribution in [0.25, 0.3) is 0 Å². The molecule has 1 fully saturated rings. The lowest BCUT2D eigenvalue weighted by Gasteiger charge is -2.20. The molecule has 0 amide bonds. The molecule has 0 radical (unpaired) electrons. The number of pyridine rings is 1. The topological polar surface area (TPSA) is 80.2 Å². The first-order valence-corrected chi connectivity index (χ1v) is 10.3. The van der Waals surface area contributed by atoms with Gasteiger partial charge in [-0.25, -0.2) is 14.4 Å². The average molecular weight is 432 g/mol. The van der Waals surface area contributed by atoms with Gasteiger partial charge in [0, 0.05) is 31.9 Å². The second-order valence-corrected chi connectivity index (χ2v) is 7.11. The number of rotatable bonds is 8. The van der Waals surface area contributed by atoms with Crippen LogP contribution < -0.4 is 29.7 Å². The first-order chi connectivity index (χ1) is 15.1. The molecule has 0 spiro atoms. The molecule has 8 nitrogen and oxygen atoms in total. The van der Waals surface area contributed by atoms with Gasteiger partial charge >= 0.3 is 0 Å². The van der Waals surface area contributed by atoms with Crippen LogP contribution in [0.15, 0.2) is 35.5 Å². The van der Waals surface area contributed by atoms with Crippen LogP contribution in [0.3, 0.4) is 0 Å². The molecular formula is C22H30FN5O3. The normalized spacial score (nSPS) is 16.2. The SMILES string of the molecule is CCNC(=NCc1cc(OC)c(OC)c(OC)c1)NC1CCN(c2ncccc2F)C1. The van der Waals surface area contributed by atoms with Crippen molar-refractivity contribution < 1.29 is 18.6 Å². The van der Waals surface area contributed by atoms with Crippen LogP contribution in [0.4, 0.5) is 10.2 Å². The van der Waals surface area contributed by atoms with E-state index in [1.165, 1.54) is 6.07 Å². The summed E-state index contributed by atoms with van der Waals surface area (Å²) in [5.41, 5.74) is 0.926. The molecule has 9 heteroatoms. The van der Waals surface area contributed by atoms with E-state index < -0.39 is 0 Å². The van der Waals surface area contributed by atoms with E-state index in [0.717, 1.165) is 25.1 Å². The van der Waals surface area contributed by atoms with E-state index in [-0.39, 0.29) is 11.9 Å². The van der Waals surface area contributed by atoms with Gasteiger partial charge in [-0.3, -0.25) is 0 Å². The lowest BCUT2D eigenvalue weighted by atomic mass is 10.2. The number of anilines is 1.